The van der Waals surface area contributed by atoms with Crippen LogP contribution in [0.3, 0.4) is 0 Å². The highest BCUT2D eigenvalue weighted by atomic mass is 35.5. The molecule has 0 radical (unpaired) electrons. The van der Waals surface area contributed by atoms with Gasteiger partial charge in [-0.3, -0.25) is 9.69 Å². The van der Waals surface area contributed by atoms with Crippen molar-refractivity contribution in [1.29, 1.82) is 0 Å². The van der Waals surface area contributed by atoms with Crippen molar-refractivity contribution in [2.75, 3.05) is 18.6 Å². The van der Waals surface area contributed by atoms with Gasteiger partial charge in [0.05, 0.1) is 29.3 Å². The Labute approximate surface area is 170 Å². The molecule has 0 aromatic heterocycles. The zero-order valence-electron chi connectivity index (χ0n) is 14.5. The van der Waals surface area contributed by atoms with Crippen LogP contribution in [0.2, 0.25) is 5.02 Å². The first-order valence-corrected chi connectivity index (χ1v) is 9.58. The van der Waals surface area contributed by atoms with Crippen LogP contribution in [0.5, 0.6) is 11.5 Å². The number of benzene rings is 2. The molecule has 2 aromatic carbocycles. The summed E-state index contributed by atoms with van der Waals surface area (Å²) in [6, 6.07) is 9.45. The number of anilines is 1. The normalized spacial score (nSPS) is 15.6. The molecule has 27 heavy (non-hydrogen) atoms. The largest absolute Gasteiger partial charge is 0.493 e. The fourth-order valence-electron chi connectivity index (χ4n) is 2.52. The van der Waals surface area contributed by atoms with E-state index in [0.717, 1.165) is 5.56 Å². The second-order valence-electron chi connectivity index (χ2n) is 5.46. The third-order valence-electron chi connectivity index (χ3n) is 3.74. The lowest BCUT2D eigenvalue weighted by atomic mass is 10.2. The van der Waals surface area contributed by atoms with Gasteiger partial charge >= 0.3 is 0 Å². The summed E-state index contributed by atoms with van der Waals surface area (Å²) in [4.78, 5) is 14.6. The minimum Gasteiger partial charge on any atom is -0.493 e. The Bertz CT molecular complexity index is 949. The second-order valence-corrected chi connectivity index (χ2v) is 7.54. The van der Waals surface area contributed by atoms with Gasteiger partial charge in [0.1, 0.15) is 5.82 Å². The maximum Gasteiger partial charge on any atom is 0.270 e. The molecule has 0 saturated carbocycles. The molecule has 4 nitrogen and oxygen atoms in total. The van der Waals surface area contributed by atoms with Gasteiger partial charge in [-0.15, -0.1) is 0 Å². The molecule has 140 valence electrons. The smallest absolute Gasteiger partial charge is 0.270 e. The van der Waals surface area contributed by atoms with Crippen molar-refractivity contribution in [2.24, 2.45) is 0 Å². The highest BCUT2D eigenvalue weighted by Crippen LogP contribution is 2.38. The lowest BCUT2D eigenvalue weighted by molar-refractivity contribution is -0.113. The number of thiocarbonyl (C=S) groups is 1. The van der Waals surface area contributed by atoms with Gasteiger partial charge in [0.25, 0.3) is 5.91 Å². The van der Waals surface area contributed by atoms with E-state index in [-0.39, 0.29) is 10.9 Å². The topological polar surface area (TPSA) is 38.8 Å². The molecule has 8 heteroatoms. The molecule has 0 atom stereocenters. The van der Waals surface area contributed by atoms with E-state index in [0.29, 0.717) is 33.0 Å². The van der Waals surface area contributed by atoms with Crippen molar-refractivity contribution in [2.45, 2.75) is 6.92 Å². The summed E-state index contributed by atoms with van der Waals surface area (Å²) in [6.07, 6.45) is 1.73. The average Bonchev–Trinajstić information content (AvgIpc) is 2.91. The lowest BCUT2D eigenvalue weighted by Crippen LogP contribution is -2.27. The van der Waals surface area contributed by atoms with Crippen molar-refractivity contribution < 1.29 is 18.7 Å². The molecule has 1 saturated heterocycles. The molecule has 1 fully saturated rings. The first-order valence-electron chi connectivity index (χ1n) is 7.98. The van der Waals surface area contributed by atoms with Crippen LogP contribution in [0.1, 0.15) is 12.5 Å². The Hall–Kier alpha value is -2.09. The SMILES string of the molecule is CCOc1cc(C=C2SC(=S)N(c3ccc(F)c(Cl)c3)C2=O)ccc1OC. The molecular formula is C19H15ClFNO3S2. The number of carbonyl (C=O) groups excluding carboxylic acids is 1. The molecule has 1 heterocycles. The molecule has 1 aliphatic heterocycles. The van der Waals surface area contributed by atoms with Gasteiger partial charge in [-0.1, -0.05) is 41.6 Å². The average molecular weight is 424 g/mol. The van der Waals surface area contributed by atoms with Gasteiger partial charge in [0.2, 0.25) is 0 Å². The fourth-order valence-corrected chi connectivity index (χ4v) is 3.99. The number of rotatable bonds is 5. The van der Waals surface area contributed by atoms with E-state index < -0.39 is 5.82 Å². The highest BCUT2D eigenvalue weighted by Gasteiger charge is 2.33. The van der Waals surface area contributed by atoms with E-state index >= 15 is 0 Å². The van der Waals surface area contributed by atoms with Crippen LogP contribution in [-0.2, 0) is 4.79 Å². The summed E-state index contributed by atoms with van der Waals surface area (Å²) in [5.41, 5.74) is 1.20. The van der Waals surface area contributed by atoms with Crippen molar-refractivity contribution in [3.63, 3.8) is 0 Å². The van der Waals surface area contributed by atoms with Crippen LogP contribution >= 0.6 is 35.6 Å². The third-order valence-corrected chi connectivity index (χ3v) is 5.33. The molecule has 0 unspecified atom stereocenters. The predicted octanol–water partition coefficient (Wildman–Crippen LogP) is 5.29. The van der Waals surface area contributed by atoms with Crippen molar-refractivity contribution in [3.05, 3.63) is 57.7 Å². The quantitative estimate of drug-likeness (QED) is 0.482. The molecule has 2 aromatic rings. The summed E-state index contributed by atoms with van der Waals surface area (Å²) in [6.45, 7) is 2.37. The predicted molar refractivity (Wildman–Crippen MR) is 111 cm³/mol. The Kier molecular flexibility index (Phi) is 6.04. The Balaban J connectivity index is 1.92. The van der Waals surface area contributed by atoms with Crippen LogP contribution in [0, 0.1) is 5.82 Å². The highest BCUT2D eigenvalue weighted by molar-refractivity contribution is 8.27. The summed E-state index contributed by atoms with van der Waals surface area (Å²) < 4.78 is 24.6. The van der Waals surface area contributed by atoms with E-state index in [1.54, 1.807) is 25.3 Å². The minimum absolute atomic E-state index is 0.0676. The van der Waals surface area contributed by atoms with Crippen LogP contribution in [-0.4, -0.2) is 23.9 Å². The Morgan fingerprint density at radius 1 is 1.26 bits per heavy atom. The Morgan fingerprint density at radius 2 is 2.04 bits per heavy atom. The number of ether oxygens (including phenoxy) is 2. The molecule has 1 aliphatic rings. The minimum atomic E-state index is -0.553. The number of methoxy groups -OCH3 is 1. The maximum absolute atomic E-state index is 13.4. The van der Waals surface area contributed by atoms with Crippen LogP contribution in [0.25, 0.3) is 6.08 Å². The first-order chi connectivity index (χ1) is 12.9. The number of amides is 1. The molecular weight excluding hydrogens is 409 g/mol. The maximum atomic E-state index is 13.4. The van der Waals surface area contributed by atoms with E-state index in [4.69, 9.17) is 33.3 Å². The van der Waals surface area contributed by atoms with Crippen LogP contribution in [0.15, 0.2) is 41.3 Å². The van der Waals surface area contributed by atoms with Crippen LogP contribution < -0.4 is 14.4 Å². The monoisotopic (exact) mass is 423 g/mol. The third kappa shape index (κ3) is 4.10. The summed E-state index contributed by atoms with van der Waals surface area (Å²) >= 11 is 12.3. The molecule has 0 spiro atoms. The van der Waals surface area contributed by atoms with E-state index in [9.17, 15) is 9.18 Å². The fraction of sp³-hybridized carbons (Fsp3) is 0.158. The zero-order valence-corrected chi connectivity index (χ0v) is 16.9. The second kappa shape index (κ2) is 8.29. The summed E-state index contributed by atoms with van der Waals surface area (Å²) in [7, 11) is 1.57. The number of carbonyl (C=O) groups is 1. The van der Waals surface area contributed by atoms with Crippen molar-refractivity contribution in [1.82, 2.24) is 0 Å². The molecule has 0 bridgehead atoms. The van der Waals surface area contributed by atoms with Gasteiger partial charge in [-0.25, -0.2) is 4.39 Å². The number of nitrogens with zero attached hydrogens (tertiary/aromatic N) is 1. The van der Waals surface area contributed by atoms with E-state index in [1.165, 1.54) is 34.9 Å². The number of hydrogen-bond acceptors (Lipinski definition) is 5. The zero-order chi connectivity index (χ0) is 19.6. The van der Waals surface area contributed by atoms with Gasteiger partial charge in [-0.05, 0) is 48.9 Å². The van der Waals surface area contributed by atoms with Gasteiger partial charge in [0.15, 0.2) is 15.8 Å². The van der Waals surface area contributed by atoms with E-state index in [1.807, 2.05) is 13.0 Å². The number of hydrogen-bond donors (Lipinski definition) is 0. The summed E-state index contributed by atoms with van der Waals surface area (Å²) in [5.74, 6) is 0.363. The number of halogens is 2. The summed E-state index contributed by atoms with van der Waals surface area (Å²) in [5, 5.41) is -0.0676. The molecule has 3 rings (SSSR count). The standard InChI is InChI=1S/C19H15ClFNO3S2/c1-3-25-16-8-11(4-7-15(16)24-2)9-17-18(23)22(19(26)27-17)12-5-6-14(21)13(20)10-12/h4-10H,3H2,1-2H3. The van der Waals surface area contributed by atoms with Crippen molar-refractivity contribution >= 4 is 57.6 Å². The van der Waals surface area contributed by atoms with Gasteiger partial charge in [-0.2, -0.15) is 0 Å². The van der Waals surface area contributed by atoms with E-state index in [2.05, 4.69) is 0 Å². The Morgan fingerprint density at radius 3 is 2.70 bits per heavy atom. The molecule has 0 N–H and O–H groups in total. The van der Waals surface area contributed by atoms with Gasteiger partial charge in [0, 0.05) is 0 Å². The molecule has 0 aliphatic carbocycles. The van der Waals surface area contributed by atoms with Gasteiger partial charge < -0.3 is 9.47 Å². The van der Waals surface area contributed by atoms with Crippen molar-refractivity contribution in [3.8, 4) is 11.5 Å². The molecule has 1 amide bonds. The first kappa shape index (κ1) is 19.7. The number of thioether (sulfide) groups is 1. The lowest BCUT2D eigenvalue weighted by Gasteiger charge is -2.14. The van der Waals surface area contributed by atoms with Crippen LogP contribution in [0.4, 0.5) is 10.1 Å².